The molecule has 1 N–H and O–H groups in total. The molecule has 1 aromatic rings. The number of ether oxygens (including phenoxy) is 1. The molecule has 0 atom stereocenters. The molecule has 0 saturated heterocycles. The number of hydrogen-bond acceptors (Lipinski definition) is 2. The largest absolute Gasteiger partial charge is 0.493 e. The van der Waals surface area contributed by atoms with Crippen LogP contribution in [0.5, 0.6) is 5.75 Å². The van der Waals surface area contributed by atoms with E-state index < -0.39 is 11.4 Å². The van der Waals surface area contributed by atoms with Crippen LogP contribution >= 0.6 is 0 Å². The Bertz CT molecular complexity index is 528. The first kappa shape index (κ1) is 15.9. The number of aliphatic carboxylic acids is 1. The van der Waals surface area contributed by atoms with Crippen LogP contribution in [0.15, 0.2) is 12.1 Å². The lowest BCUT2D eigenvalue weighted by Crippen LogP contribution is -2.25. The van der Waals surface area contributed by atoms with Gasteiger partial charge in [-0.05, 0) is 49.8 Å². The third kappa shape index (κ3) is 3.78. The molecule has 3 heteroatoms. The molecule has 1 aromatic carbocycles. The molecule has 1 saturated carbocycles. The Kier molecular flexibility index (Phi) is 4.60. The van der Waals surface area contributed by atoms with Crippen LogP contribution in [0.25, 0.3) is 0 Å². The first-order valence-corrected chi connectivity index (χ1v) is 7.76. The van der Waals surface area contributed by atoms with Gasteiger partial charge in [-0.2, -0.15) is 0 Å². The molecule has 0 amide bonds. The second-order valence-corrected chi connectivity index (χ2v) is 6.99. The fourth-order valence-corrected chi connectivity index (χ4v) is 2.78. The zero-order chi connectivity index (χ0) is 15.6. The van der Waals surface area contributed by atoms with Crippen LogP contribution in [0, 0.1) is 19.8 Å². The van der Waals surface area contributed by atoms with Gasteiger partial charge in [0.2, 0.25) is 0 Å². The van der Waals surface area contributed by atoms with Crippen molar-refractivity contribution in [3.63, 3.8) is 0 Å². The molecule has 0 spiro atoms. The average molecular weight is 290 g/mol. The number of hydrogen-bond donors (Lipinski definition) is 1. The van der Waals surface area contributed by atoms with Gasteiger partial charge in [0.1, 0.15) is 5.75 Å². The third-order valence-electron chi connectivity index (χ3n) is 4.62. The summed E-state index contributed by atoms with van der Waals surface area (Å²) in [5, 5.41) is 9.15. The smallest absolute Gasteiger partial charge is 0.304 e. The molecule has 0 bridgehead atoms. The molecule has 0 heterocycles. The van der Waals surface area contributed by atoms with Crippen molar-refractivity contribution in [2.45, 2.75) is 58.8 Å². The zero-order valence-electron chi connectivity index (χ0n) is 13.5. The number of rotatable bonds is 6. The Morgan fingerprint density at radius 3 is 2.43 bits per heavy atom. The van der Waals surface area contributed by atoms with Gasteiger partial charge in [-0.15, -0.1) is 0 Å². The van der Waals surface area contributed by atoms with Gasteiger partial charge in [0.05, 0.1) is 13.0 Å². The minimum Gasteiger partial charge on any atom is -0.493 e. The maximum atomic E-state index is 11.1. The first-order chi connectivity index (χ1) is 9.79. The molecule has 0 radical (unpaired) electrons. The van der Waals surface area contributed by atoms with Gasteiger partial charge in [-0.1, -0.05) is 26.3 Å². The third-order valence-corrected chi connectivity index (χ3v) is 4.62. The van der Waals surface area contributed by atoms with E-state index >= 15 is 0 Å². The fraction of sp³-hybridized carbons (Fsp3) is 0.611. The van der Waals surface area contributed by atoms with E-state index in [0.717, 1.165) is 17.9 Å². The molecule has 3 nitrogen and oxygen atoms in total. The molecule has 1 fully saturated rings. The summed E-state index contributed by atoms with van der Waals surface area (Å²) >= 11 is 0. The highest BCUT2D eigenvalue weighted by Gasteiger charge is 2.29. The summed E-state index contributed by atoms with van der Waals surface area (Å²) in [6, 6.07) is 4.15. The van der Waals surface area contributed by atoms with Crippen molar-refractivity contribution in [2.75, 3.05) is 6.61 Å². The highest BCUT2D eigenvalue weighted by Crippen LogP contribution is 2.37. The maximum absolute atomic E-state index is 11.1. The summed E-state index contributed by atoms with van der Waals surface area (Å²) in [5.74, 6) is 0.751. The minimum atomic E-state index is -0.775. The summed E-state index contributed by atoms with van der Waals surface area (Å²) in [5.41, 5.74) is 2.94. The SMILES string of the molecule is Cc1cc(OCC2CCC2)c(C(C)(C)CC(=O)O)cc1C. The highest BCUT2D eigenvalue weighted by atomic mass is 16.5. The van der Waals surface area contributed by atoms with E-state index in [9.17, 15) is 4.79 Å². The fourth-order valence-electron chi connectivity index (χ4n) is 2.78. The van der Waals surface area contributed by atoms with Gasteiger partial charge in [0.25, 0.3) is 0 Å². The van der Waals surface area contributed by atoms with Gasteiger partial charge in [0, 0.05) is 11.0 Å². The van der Waals surface area contributed by atoms with Crippen LogP contribution in [0.1, 0.15) is 56.2 Å². The lowest BCUT2D eigenvalue weighted by molar-refractivity contribution is -0.138. The second-order valence-electron chi connectivity index (χ2n) is 6.99. The van der Waals surface area contributed by atoms with Crippen LogP contribution < -0.4 is 4.74 Å². The summed E-state index contributed by atoms with van der Waals surface area (Å²) in [7, 11) is 0. The zero-order valence-corrected chi connectivity index (χ0v) is 13.5. The van der Waals surface area contributed by atoms with Gasteiger partial charge >= 0.3 is 5.97 Å². The standard InChI is InChI=1S/C18H26O3/c1-12-8-15(18(3,4)10-17(19)20)16(9-13(12)2)21-11-14-6-5-7-14/h8-9,14H,5-7,10-11H2,1-4H3,(H,19,20). The second kappa shape index (κ2) is 6.08. The molecule has 0 aromatic heterocycles. The van der Waals surface area contributed by atoms with Crippen LogP contribution in [-0.2, 0) is 10.2 Å². The number of carboxylic acid groups (broad SMARTS) is 1. The Hall–Kier alpha value is -1.51. The van der Waals surface area contributed by atoms with Crippen LogP contribution in [0.4, 0.5) is 0 Å². The van der Waals surface area contributed by atoms with Crippen molar-refractivity contribution in [1.29, 1.82) is 0 Å². The Morgan fingerprint density at radius 2 is 1.90 bits per heavy atom. The van der Waals surface area contributed by atoms with Gasteiger partial charge in [0.15, 0.2) is 0 Å². The number of benzene rings is 1. The molecule has 116 valence electrons. The van der Waals surface area contributed by atoms with E-state index in [2.05, 4.69) is 26.0 Å². The summed E-state index contributed by atoms with van der Waals surface area (Å²) in [4.78, 5) is 11.1. The van der Waals surface area contributed by atoms with Crippen molar-refractivity contribution < 1.29 is 14.6 Å². The van der Waals surface area contributed by atoms with E-state index in [4.69, 9.17) is 9.84 Å². The van der Waals surface area contributed by atoms with E-state index in [-0.39, 0.29) is 6.42 Å². The monoisotopic (exact) mass is 290 g/mol. The Balaban J connectivity index is 2.27. The molecule has 2 rings (SSSR count). The van der Waals surface area contributed by atoms with Gasteiger partial charge in [-0.3, -0.25) is 4.79 Å². The van der Waals surface area contributed by atoms with Crippen LogP contribution in [-0.4, -0.2) is 17.7 Å². The number of carboxylic acids is 1. The lowest BCUT2D eigenvalue weighted by atomic mass is 9.79. The van der Waals surface area contributed by atoms with Crippen molar-refractivity contribution in [2.24, 2.45) is 5.92 Å². The van der Waals surface area contributed by atoms with E-state index in [0.29, 0.717) is 5.92 Å². The molecule has 0 unspecified atom stereocenters. The van der Waals surface area contributed by atoms with Crippen LogP contribution in [0.3, 0.4) is 0 Å². The van der Waals surface area contributed by atoms with Crippen LogP contribution in [0.2, 0.25) is 0 Å². The maximum Gasteiger partial charge on any atom is 0.304 e. The summed E-state index contributed by atoms with van der Waals surface area (Å²) in [6.07, 6.45) is 3.91. The Labute approximate surface area is 127 Å². The normalized spacial score (nSPS) is 15.6. The Morgan fingerprint density at radius 1 is 1.29 bits per heavy atom. The lowest BCUT2D eigenvalue weighted by Gasteiger charge is -2.30. The number of carbonyl (C=O) groups is 1. The van der Waals surface area contributed by atoms with E-state index in [1.54, 1.807) is 0 Å². The average Bonchev–Trinajstić information content (AvgIpc) is 2.29. The molecule has 1 aliphatic rings. The van der Waals surface area contributed by atoms with E-state index in [1.807, 2.05) is 13.8 Å². The number of aryl methyl sites for hydroxylation is 2. The topological polar surface area (TPSA) is 46.5 Å². The molecule has 0 aliphatic heterocycles. The molecule has 21 heavy (non-hydrogen) atoms. The molecular weight excluding hydrogens is 264 g/mol. The predicted molar refractivity (Wildman–Crippen MR) is 84.0 cm³/mol. The predicted octanol–water partition coefficient (Wildman–Crippen LogP) is 4.23. The highest BCUT2D eigenvalue weighted by molar-refractivity contribution is 5.69. The van der Waals surface area contributed by atoms with Crippen molar-refractivity contribution in [3.05, 3.63) is 28.8 Å². The quantitative estimate of drug-likeness (QED) is 0.852. The van der Waals surface area contributed by atoms with Gasteiger partial charge in [-0.25, -0.2) is 0 Å². The van der Waals surface area contributed by atoms with Crippen molar-refractivity contribution in [1.82, 2.24) is 0 Å². The first-order valence-electron chi connectivity index (χ1n) is 7.76. The summed E-state index contributed by atoms with van der Waals surface area (Å²) in [6.45, 7) is 8.83. The molecule has 1 aliphatic carbocycles. The van der Waals surface area contributed by atoms with Crippen molar-refractivity contribution >= 4 is 5.97 Å². The van der Waals surface area contributed by atoms with Crippen molar-refractivity contribution in [3.8, 4) is 5.75 Å². The summed E-state index contributed by atoms with van der Waals surface area (Å²) < 4.78 is 6.05. The van der Waals surface area contributed by atoms with Gasteiger partial charge < -0.3 is 9.84 Å². The molecular formula is C18H26O3. The van der Waals surface area contributed by atoms with E-state index in [1.165, 1.54) is 30.4 Å². The minimum absolute atomic E-state index is 0.106.